The predicted molar refractivity (Wildman–Crippen MR) is 113 cm³/mol. The minimum Gasteiger partial charge on any atom is -0.378 e. The van der Waals surface area contributed by atoms with Crippen LogP contribution in [0.5, 0.6) is 0 Å². The zero-order valence-electron chi connectivity index (χ0n) is 16.9. The Bertz CT molecular complexity index is 590. The van der Waals surface area contributed by atoms with Crippen molar-refractivity contribution in [3.63, 3.8) is 0 Å². The van der Waals surface area contributed by atoms with Gasteiger partial charge >= 0.3 is 0 Å². The fourth-order valence-electron chi connectivity index (χ4n) is 3.29. The number of carbonyl (C=O) groups is 2. The molecule has 2 amide bonds. The SMILES string of the molecule is CC(C)C(NC(=O)Cc1ccccc1)C(=O)N1CCC(OCCCN)CC1.Cl. The Morgan fingerprint density at radius 3 is 2.43 bits per heavy atom. The Hall–Kier alpha value is -1.63. The van der Waals surface area contributed by atoms with Gasteiger partial charge in [0.15, 0.2) is 0 Å². The quantitative estimate of drug-likeness (QED) is 0.610. The number of carbonyl (C=O) groups excluding carboxylic acids is 2. The van der Waals surface area contributed by atoms with Gasteiger partial charge in [-0.2, -0.15) is 0 Å². The lowest BCUT2D eigenvalue weighted by Crippen LogP contribution is -2.53. The normalized spacial score (nSPS) is 15.8. The molecular weight excluding hydrogens is 378 g/mol. The molecule has 1 unspecified atom stereocenters. The maximum atomic E-state index is 12.9. The van der Waals surface area contributed by atoms with Crippen molar-refractivity contribution in [3.05, 3.63) is 35.9 Å². The highest BCUT2D eigenvalue weighted by Crippen LogP contribution is 2.17. The van der Waals surface area contributed by atoms with E-state index in [0.717, 1.165) is 24.8 Å². The van der Waals surface area contributed by atoms with Crippen LogP contribution in [-0.4, -0.2) is 55.1 Å². The summed E-state index contributed by atoms with van der Waals surface area (Å²) in [5.41, 5.74) is 6.43. The molecule has 6 nitrogen and oxygen atoms in total. The summed E-state index contributed by atoms with van der Waals surface area (Å²) in [6, 6.07) is 9.09. The number of ether oxygens (including phenoxy) is 1. The lowest BCUT2D eigenvalue weighted by Gasteiger charge is -2.35. The van der Waals surface area contributed by atoms with Crippen molar-refractivity contribution in [2.45, 2.75) is 51.7 Å². The van der Waals surface area contributed by atoms with E-state index in [4.69, 9.17) is 10.5 Å². The Balaban J connectivity index is 0.00000392. The maximum Gasteiger partial charge on any atom is 0.245 e. The average Bonchev–Trinajstić information content (AvgIpc) is 2.67. The molecule has 1 aromatic carbocycles. The second-order valence-corrected chi connectivity index (χ2v) is 7.49. The largest absolute Gasteiger partial charge is 0.378 e. The first-order valence-corrected chi connectivity index (χ1v) is 9.95. The van der Waals surface area contributed by atoms with Crippen molar-refractivity contribution in [1.29, 1.82) is 0 Å². The smallest absolute Gasteiger partial charge is 0.245 e. The summed E-state index contributed by atoms with van der Waals surface area (Å²) in [6.45, 7) is 6.59. The number of halogens is 1. The maximum absolute atomic E-state index is 12.9. The lowest BCUT2D eigenvalue weighted by molar-refractivity contribution is -0.139. The first-order chi connectivity index (χ1) is 13.0. The Morgan fingerprint density at radius 2 is 1.86 bits per heavy atom. The van der Waals surface area contributed by atoms with Crippen molar-refractivity contribution in [3.8, 4) is 0 Å². The van der Waals surface area contributed by atoms with Crippen molar-refractivity contribution in [1.82, 2.24) is 10.2 Å². The monoisotopic (exact) mass is 411 g/mol. The summed E-state index contributed by atoms with van der Waals surface area (Å²) in [5.74, 6) is -0.0733. The van der Waals surface area contributed by atoms with Crippen LogP contribution in [0.2, 0.25) is 0 Å². The highest BCUT2D eigenvalue weighted by molar-refractivity contribution is 5.88. The number of likely N-dealkylation sites (tertiary alicyclic amines) is 1. The highest BCUT2D eigenvalue weighted by atomic mass is 35.5. The Labute approximate surface area is 174 Å². The molecular formula is C21H34ClN3O3. The molecule has 1 aliphatic heterocycles. The van der Waals surface area contributed by atoms with Gasteiger partial charge in [-0.15, -0.1) is 12.4 Å². The number of nitrogens with zero attached hydrogens (tertiary/aromatic N) is 1. The van der Waals surface area contributed by atoms with Gasteiger partial charge in [0.25, 0.3) is 0 Å². The molecule has 1 atom stereocenters. The zero-order valence-corrected chi connectivity index (χ0v) is 17.7. The second kappa shape index (κ2) is 12.8. The van der Waals surface area contributed by atoms with Crippen molar-refractivity contribution in [2.75, 3.05) is 26.2 Å². The first-order valence-electron chi connectivity index (χ1n) is 9.95. The average molecular weight is 412 g/mol. The minimum absolute atomic E-state index is 0. The summed E-state index contributed by atoms with van der Waals surface area (Å²) in [5, 5.41) is 2.94. The third kappa shape index (κ3) is 7.78. The third-order valence-corrected chi connectivity index (χ3v) is 4.91. The van der Waals surface area contributed by atoms with Crippen LogP contribution in [0.15, 0.2) is 30.3 Å². The van der Waals surface area contributed by atoms with Crippen molar-refractivity contribution < 1.29 is 14.3 Å². The van der Waals surface area contributed by atoms with Gasteiger partial charge in [0, 0.05) is 19.7 Å². The van der Waals surface area contributed by atoms with E-state index in [1.54, 1.807) is 0 Å². The van der Waals surface area contributed by atoms with Crippen LogP contribution < -0.4 is 11.1 Å². The number of rotatable bonds is 9. The fourth-order valence-corrected chi connectivity index (χ4v) is 3.29. The van der Waals surface area contributed by atoms with Gasteiger partial charge in [-0.05, 0) is 37.3 Å². The molecule has 1 saturated heterocycles. The third-order valence-electron chi connectivity index (χ3n) is 4.91. The molecule has 0 bridgehead atoms. The molecule has 158 valence electrons. The van der Waals surface area contributed by atoms with Crippen LogP contribution in [0.3, 0.4) is 0 Å². The lowest BCUT2D eigenvalue weighted by atomic mass is 10.00. The predicted octanol–water partition coefficient (Wildman–Crippen LogP) is 2.15. The molecule has 0 spiro atoms. The van der Waals surface area contributed by atoms with Crippen LogP contribution in [0.4, 0.5) is 0 Å². The van der Waals surface area contributed by atoms with E-state index in [1.165, 1.54) is 0 Å². The number of benzene rings is 1. The standard InChI is InChI=1S/C21H33N3O3.ClH/c1-16(2)20(23-19(25)15-17-7-4-3-5-8-17)21(26)24-12-9-18(10-13-24)27-14-6-11-22;/h3-5,7-8,16,18,20H,6,9-15,22H2,1-2H3,(H,23,25);1H. The van der Waals surface area contributed by atoms with Crippen molar-refractivity contribution in [2.24, 2.45) is 11.7 Å². The molecule has 0 radical (unpaired) electrons. The van der Waals surface area contributed by atoms with Gasteiger partial charge in [-0.3, -0.25) is 9.59 Å². The Kier molecular flexibility index (Phi) is 11.1. The van der Waals surface area contributed by atoms with Gasteiger partial charge in [-0.25, -0.2) is 0 Å². The van der Waals surface area contributed by atoms with Gasteiger partial charge in [0.1, 0.15) is 6.04 Å². The van der Waals surface area contributed by atoms with E-state index in [0.29, 0.717) is 26.2 Å². The number of amides is 2. The van der Waals surface area contributed by atoms with E-state index < -0.39 is 6.04 Å². The zero-order chi connectivity index (χ0) is 19.6. The number of piperidine rings is 1. The fraction of sp³-hybridized carbons (Fsp3) is 0.619. The summed E-state index contributed by atoms with van der Waals surface area (Å²) in [6.07, 6.45) is 3.01. The molecule has 3 N–H and O–H groups in total. The summed E-state index contributed by atoms with van der Waals surface area (Å²) >= 11 is 0. The molecule has 0 saturated carbocycles. The Morgan fingerprint density at radius 1 is 1.21 bits per heavy atom. The highest BCUT2D eigenvalue weighted by Gasteiger charge is 2.31. The van der Waals surface area contributed by atoms with E-state index in [-0.39, 0.29) is 42.7 Å². The molecule has 0 aliphatic carbocycles. The van der Waals surface area contributed by atoms with E-state index in [1.807, 2.05) is 49.1 Å². The van der Waals surface area contributed by atoms with Gasteiger partial charge in [-0.1, -0.05) is 44.2 Å². The van der Waals surface area contributed by atoms with Gasteiger partial charge < -0.3 is 20.7 Å². The van der Waals surface area contributed by atoms with Crippen LogP contribution in [0.1, 0.15) is 38.7 Å². The van der Waals surface area contributed by atoms with Crippen LogP contribution in [-0.2, 0) is 20.7 Å². The topological polar surface area (TPSA) is 84.7 Å². The number of hydrogen-bond donors (Lipinski definition) is 2. The molecule has 7 heteroatoms. The number of hydrogen-bond acceptors (Lipinski definition) is 4. The summed E-state index contributed by atoms with van der Waals surface area (Å²) in [7, 11) is 0. The molecule has 1 fully saturated rings. The first kappa shape index (κ1) is 24.4. The van der Waals surface area contributed by atoms with Gasteiger partial charge in [0.2, 0.25) is 11.8 Å². The van der Waals surface area contributed by atoms with Crippen LogP contribution in [0.25, 0.3) is 0 Å². The van der Waals surface area contributed by atoms with Gasteiger partial charge in [0.05, 0.1) is 12.5 Å². The summed E-state index contributed by atoms with van der Waals surface area (Å²) < 4.78 is 5.80. The number of nitrogens with two attached hydrogens (primary N) is 1. The second-order valence-electron chi connectivity index (χ2n) is 7.49. The molecule has 1 heterocycles. The molecule has 1 aliphatic rings. The molecule has 0 aromatic heterocycles. The molecule has 2 rings (SSSR count). The van der Waals surface area contributed by atoms with Crippen molar-refractivity contribution >= 4 is 24.2 Å². The van der Waals surface area contributed by atoms with E-state index >= 15 is 0 Å². The number of nitrogens with one attached hydrogen (secondary N) is 1. The summed E-state index contributed by atoms with van der Waals surface area (Å²) in [4.78, 5) is 27.2. The van der Waals surface area contributed by atoms with Crippen LogP contribution in [0, 0.1) is 5.92 Å². The van der Waals surface area contributed by atoms with Crippen LogP contribution >= 0.6 is 12.4 Å². The minimum atomic E-state index is -0.490. The molecule has 1 aromatic rings. The van der Waals surface area contributed by atoms with E-state index in [2.05, 4.69) is 5.32 Å². The molecule has 28 heavy (non-hydrogen) atoms. The van der Waals surface area contributed by atoms with E-state index in [9.17, 15) is 9.59 Å².